The Morgan fingerprint density at radius 2 is 1.94 bits per heavy atom. The number of fused-ring (bicyclic) bond motifs is 1. The topological polar surface area (TPSA) is 167 Å². The fraction of sp³-hybridized carbons (Fsp3) is 0.130. The molecule has 1 aliphatic heterocycles. The van der Waals surface area contributed by atoms with Crippen LogP contribution in [0, 0.1) is 22.8 Å². The van der Waals surface area contributed by atoms with Crippen molar-refractivity contribution in [2.45, 2.75) is 12.6 Å². The van der Waals surface area contributed by atoms with Crippen molar-refractivity contribution in [3.05, 3.63) is 69.2 Å². The molecule has 10 nitrogen and oxygen atoms in total. The third-order valence-corrected chi connectivity index (χ3v) is 5.71. The molecule has 11 heteroatoms. The van der Waals surface area contributed by atoms with Gasteiger partial charge in [-0.3, -0.25) is 5.32 Å². The molecule has 2 aromatic carbocycles. The number of hydrogen-bond acceptors (Lipinski definition) is 10. The molecule has 1 aliphatic rings. The van der Waals surface area contributed by atoms with Crippen LogP contribution >= 0.6 is 15.9 Å². The van der Waals surface area contributed by atoms with Gasteiger partial charge in [-0.2, -0.15) is 10.5 Å². The number of benzene rings is 2. The van der Waals surface area contributed by atoms with Crippen molar-refractivity contribution in [2.24, 2.45) is 4.99 Å². The highest BCUT2D eigenvalue weighted by atomic mass is 79.9. The lowest BCUT2D eigenvalue weighted by Gasteiger charge is -2.27. The van der Waals surface area contributed by atoms with Gasteiger partial charge >= 0.3 is 0 Å². The largest absolute Gasteiger partial charge is 0.493 e. The normalized spacial score (nSPS) is 14.0. The summed E-state index contributed by atoms with van der Waals surface area (Å²) in [6.07, 6.45) is 1.83. The van der Waals surface area contributed by atoms with Crippen LogP contribution < -0.4 is 31.6 Å². The Bertz CT molecular complexity index is 1360. The molecule has 0 radical (unpaired) electrons. The standard InChI is InChI=1S/C23H19BrN8O2/c1-33-16-4-2-3-14(20(16)34-10-12-5-7-13(24)8-6-12)19-17-18(27)15(9-25)21(28)31-22(17)32-23(30-19)29-11-26/h2-8,19H,10H2,1H3,(H6,27,28,29,30,31,32). The van der Waals surface area contributed by atoms with Crippen LogP contribution in [0.4, 0.5) is 17.3 Å². The van der Waals surface area contributed by atoms with E-state index >= 15 is 0 Å². The molecule has 1 atom stereocenters. The van der Waals surface area contributed by atoms with Gasteiger partial charge in [-0.25, -0.2) is 9.98 Å². The number of rotatable bonds is 5. The zero-order valence-electron chi connectivity index (χ0n) is 18.0. The predicted molar refractivity (Wildman–Crippen MR) is 131 cm³/mol. The van der Waals surface area contributed by atoms with Gasteiger partial charge in [-0.1, -0.05) is 40.2 Å². The van der Waals surface area contributed by atoms with Crippen molar-refractivity contribution in [1.29, 1.82) is 10.5 Å². The minimum absolute atomic E-state index is 0.0273. The average molecular weight is 519 g/mol. The summed E-state index contributed by atoms with van der Waals surface area (Å²) in [4.78, 5) is 8.90. The van der Waals surface area contributed by atoms with Crippen LogP contribution in [0.2, 0.25) is 0 Å². The first kappa shape index (κ1) is 22.7. The first-order chi connectivity index (χ1) is 16.5. The molecule has 0 fully saturated rings. The minimum Gasteiger partial charge on any atom is -0.493 e. The van der Waals surface area contributed by atoms with E-state index in [4.69, 9.17) is 26.2 Å². The van der Waals surface area contributed by atoms with Crippen LogP contribution in [0.15, 0.2) is 51.9 Å². The van der Waals surface area contributed by atoms with Crippen LogP contribution in [0.1, 0.15) is 28.3 Å². The summed E-state index contributed by atoms with van der Waals surface area (Å²) in [5.41, 5.74) is 14.5. The van der Waals surface area contributed by atoms with Gasteiger partial charge in [0.15, 0.2) is 17.7 Å². The number of nitrogens with zero attached hydrogens (tertiary/aromatic N) is 4. The van der Waals surface area contributed by atoms with E-state index in [1.165, 1.54) is 7.11 Å². The second-order valence-electron chi connectivity index (χ2n) is 7.20. The SMILES string of the molecule is COc1cccc(C2N=C(NC#N)Nc3nc(N)c(C#N)c(N)c32)c1OCc1ccc(Br)cc1. The maximum atomic E-state index is 9.55. The van der Waals surface area contributed by atoms with Gasteiger partial charge in [0.2, 0.25) is 5.96 Å². The van der Waals surface area contributed by atoms with Gasteiger partial charge in [-0.15, -0.1) is 0 Å². The molecule has 0 spiro atoms. The first-order valence-corrected chi connectivity index (χ1v) is 10.8. The molecular weight excluding hydrogens is 500 g/mol. The third-order valence-electron chi connectivity index (χ3n) is 5.18. The lowest BCUT2D eigenvalue weighted by atomic mass is 9.94. The number of nitrogens with two attached hydrogens (primary N) is 2. The molecule has 1 aromatic heterocycles. The summed E-state index contributed by atoms with van der Waals surface area (Å²) in [5.74, 6) is 1.34. The van der Waals surface area contributed by atoms with E-state index in [1.54, 1.807) is 12.1 Å². The lowest BCUT2D eigenvalue weighted by Crippen LogP contribution is -2.33. The number of nitrogens with one attached hydrogen (secondary N) is 2. The van der Waals surface area contributed by atoms with Crippen molar-refractivity contribution in [1.82, 2.24) is 10.3 Å². The van der Waals surface area contributed by atoms with Crippen LogP contribution in [0.5, 0.6) is 11.5 Å². The molecule has 170 valence electrons. The molecule has 2 heterocycles. The number of nitriles is 2. The van der Waals surface area contributed by atoms with Crippen LogP contribution in [0.3, 0.4) is 0 Å². The average Bonchev–Trinajstić information content (AvgIpc) is 2.83. The number of hydrogen-bond donors (Lipinski definition) is 4. The second-order valence-corrected chi connectivity index (χ2v) is 8.11. The number of aliphatic imine (C=N–C) groups is 1. The monoisotopic (exact) mass is 518 g/mol. The summed E-state index contributed by atoms with van der Waals surface area (Å²) in [6, 6.07) is 14.3. The lowest BCUT2D eigenvalue weighted by molar-refractivity contribution is 0.280. The number of methoxy groups -OCH3 is 1. The molecule has 0 saturated carbocycles. The molecule has 0 saturated heterocycles. The van der Waals surface area contributed by atoms with Crippen LogP contribution in [-0.4, -0.2) is 18.1 Å². The second kappa shape index (κ2) is 9.57. The Morgan fingerprint density at radius 3 is 2.62 bits per heavy atom. The molecular formula is C23H19BrN8O2. The number of ether oxygens (including phenoxy) is 2. The quantitative estimate of drug-likeness (QED) is 0.292. The van der Waals surface area contributed by atoms with Gasteiger partial charge in [0.05, 0.1) is 12.8 Å². The summed E-state index contributed by atoms with van der Waals surface area (Å²) in [6.45, 7) is 0.268. The Hall–Kier alpha value is -4.48. The molecule has 6 N–H and O–H groups in total. The Morgan fingerprint density at radius 1 is 1.18 bits per heavy atom. The van der Waals surface area contributed by atoms with Crippen molar-refractivity contribution in [2.75, 3.05) is 23.9 Å². The van der Waals surface area contributed by atoms with Gasteiger partial charge in [0.25, 0.3) is 0 Å². The predicted octanol–water partition coefficient (Wildman–Crippen LogP) is 3.41. The Kier molecular flexibility index (Phi) is 6.39. The highest BCUT2D eigenvalue weighted by Crippen LogP contribution is 2.45. The van der Waals surface area contributed by atoms with E-state index < -0.39 is 6.04 Å². The molecule has 0 amide bonds. The molecule has 4 rings (SSSR count). The summed E-state index contributed by atoms with van der Waals surface area (Å²) < 4.78 is 12.7. The molecule has 0 aliphatic carbocycles. The van der Waals surface area contributed by atoms with Crippen molar-refractivity contribution < 1.29 is 9.47 Å². The van der Waals surface area contributed by atoms with Crippen molar-refractivity contribution >= 4 is 39.2 Å². The van der Waals surface area contributed by atoms with Crippen LogP contribution in [-0.2, 0) is 6.61 Å². The first-order valence-electron chi connectivity index (χ1n) is 9.99. The van der Waals surface area contributed by atoms with E-state index in [1.807, 2.05) is 42.6 Å². The minimum atomic E-state index is -0.762. The van der Waals surface area contributed by atoms with Crippen molar-refractivity contribution in [3.63, 3.8) is 0 Å². The van der Waals surface area contributed by atoms with Crippen molar-refractivity contribution in [3.8, 4) is 23.8 Å². The maximum absolute atomic E-state index is 9.55. The van der Waals surface area contributed by atoms with E-state index in [-0.39, 0.29) is 35.5 Å². The Labute approximate surface area is 204 Å². The van der Waals surface area contributed by atoms with Gasteiger partial charge in [0.1, 0.15) is 35.9 Å². The summed E-state index contributed by atoms with van der Waals surface area (Å²) >= 11 is 3.43. The van der Waals surface area contributed by atoms with Gasteiger partial charge < -0.3 is 26.3 Å². The number of aromatic nitrogens is 1. The number of anilines is 3. The number of guanidine groups is 1. The number of nitrogen functional groups attached to an aromatic ring is 2. The summed E-state index contributed by atoms with van der Waals surface area (Å²) in [5, 5.41) is 24.1. The molecule has 34 heavy (non-hydrogen) atoms. The van der Waals surface area contributed by atoms with Gasteiger partial charge in [-0.05, 0) is 23.8 Å². The van der Waals surface area contributed by atoms with E-state index in [2.05, 4.69) is 36.5 Å². The molecule has 1 unspecified atom stereocenters. The zero-order valence-corrected chi connectivity index (χ0v) is 19.5. The highest BCUT2D eigenvalue weighted by Gasteiger charge is 2.32. The number of halogens is 1. The fourth-order valence-corrected chi connectivity index (χ4v) is 3.87. The van der Waals surface area contributed by atoms with E-state index in [9.17, 15) is 5.26 Å². The molecule has 3 aromatic rings. The summed E-state index contributed by atoms with van der Waals surface area (Å²) in [7, 11) is 1.54. The number of para-hydroxylation sites is 1. The fourth-order valence-electron chi connectivity index (χ4n) is 3.61. The smallest absolute Gasteiger partial charge is 0.211 e. The van der Waals surface area contributed by atoms with Gasteiger partial charge in [0, 0.05) is 15.6 Å². The highest BCUT2D eigenvalue weighted by molar-refractivity contribution is 9.10. The van der Waals surface area contributed by atoms with E-state index in [0.29, 0.717) is 22.6 Å². The van der Waals surface area contributed by atoms with Crippen LogP contribution in [0.25, 0.3) is 0 Å². The zero-order chi connectivity index (χ0) is 24.2. The Balaban J connectivity index is 1.85. The van der Waals surface area contributed by atoms with E-state index in [0.717, 1.165) is 10.0 Å². The molecule has 0 bridgehead atoms. The third kappa shape index (κ3) is 4.25. The maximum Gasteiger partial charge on any atom is 0.211 e. The number of pyridine rings is 1.